The minimum absolute atomic E-state index is 0.0178. The van der Waals surface area contributed by atoms with E-state index >= 15 is 0 Å². The number of methoxy groups -OCH3 is 1. The van der Waals surface area contributed by atoms with Crippen LogP contribution in [0.4, 0.5) is 0 Å². The van der Waals surface area contributed by atoms with Crippen molar-refractivity contribution in [3.05, 3.63) is 0 Å². The summed E-state index contributed by atoms with van der Waals surface area (Å²) in [6, 6.07) is -1.04. The number of ether oxygens (including phenoxy) is 5. The van der Waals surface area contributed by atoms with Crippen molar-refractivity contribution < 1.29 is 47.7 Å². The van der Waals surface area contributed by atoms with Gasteiger partial charge in [-0.3, -0.25) is 24.0 Å². The maximum absolute atomic E-state index is 12.4. The zero-order valence-electron chi connectivity index (χ0n) is 17.7. The molecule has 1 fully saturated rings. The average molecular weight is 464 g/mol. The molecule has 0 bridgehead atoms. The highest BCUT2D eigenvalue weighted by molar-refractivity contribution is 7.78. The fourth-order valence-corrected chi connectivity index (χ4v) is 3.09. The summed E-state index contributed by atoms with van der Waals surface area (Å²) < 4.78 is 28.7. The molecule has 5 atom stereocenters. The summed E-state index contributed by atoms with van der Waals surface area (Å²) in [5, 5.41) is 2.64. The molecule has 0 spiro atoms. The normalized spacial score (nSPS) is 25.1. The molecule has 31 heavy (non-hydrogen) atoms. The lowest BCUT2D eigenvalue weighted by atomic mass is 9.96. The number of amides is 2. The summed E-state index contributed by atoms with van der Waals surface area (Å²) in [4.78, 5) is 58.2. The monoisotopic (exact) mass is 464 g/mol. The van der Waals surface area contributed by atoms with E-state index in [1.165, 1.54) is 14.0 Å². The van der Waals surface area contributed by atoms with Crippen LogP contribution in [0.1, 0.15) is 40.0 Å². The van der Waals surface area contributed by atoms with E-state index in [2.05, 4.69) is 22.9 Å². The zero-order chi connectivity index (χ0) is 23.6. The Hall–Kier alpha value is -2.38. The average Bonchev–Trinajstić information content (AvgIpc) is 2.68. The van der Waals surface area contributed by atoms with E-state index in [1.54, 1.807) is 0 Å². The number of thiol groups is 1. The van der Waals surface area contributed by atoms with Crippen LogP contribution in [0.5, 0.6) is 0 Å². The van der Waals surface area contributed by atoms with Crippen LogP contribution < -0.4 is 10.0 Å². The maximum atomic E-state index is 12.4. The van der Waals surface area contributed by atoms with Gasteiger partial charge in [0.05, 0.1) is 0 Å². The van der Waals surface area contributed by atoms with Crippen molar-refractivity contribution in [1.29, 1.82) is 0 Å². The van der Waals surface area contributed by atoms with E-state index in [0.29, 0.717) is 0 Å². The second-order valence-electron chi connectivity index (χ2n) is 6.71. The van der Waals surface area contributed by atoms with E-state index in [0.717, 1.165) is 13.8 Å². The molecule has 0 aromatic heterocycles. The van der Waals surface area contributed by atoms with E-state index in [4.69, 9.17) is 23.7 Å². The van der Waals surface area contributed by atoms with Gasteiger partial charge in [-0.2, -0.15) is 0 Å². The van der Waals surface area contributed by atoms with Crippen molar-refractivity contribution in [2.24, 2.45) is 0 Å². The molecule has 1 aliphatic rings. The first kappa shape index (κ1) is 26.7. The minimum Gasteiger partial charge on any atom is -0.463 e. The first-order chi connectivity index (χ1) is 14.6. The second kappa shape index (κ2) is 13.1. The molecule has 0 saturated carbocycles. The molecule has 5 unspecified atom stereocenters. The molecule has 12 nitrogen and oxygen atoms in total. The molecule has 0 radical (unpaired) electrons. The number of hydrogen-bond donors (Lipinski definition) is 3. The summed E-state index contributed by atoms with van der Waals surface area (Å²) in [6.07, 6.45) is -4.20. The van der Waals surface area contributed by atoms with Gasteiger partial charge in [-0.15, -0.1) is 0 Å². The molecule has 2 amide bonds. The standard InChI is InChI=1S/C18H28N2O10S/c1-9(21)27-8-12-16(28-10(2)22)17(29-11(3)23)15(18(26-4)30-12)19-13(24)6-5-7-14(25)20-31/h12,15-18,31H,5-8H2,1-4H3,(H,19,24)(H,20,25). The van der Waals surface area contributed by atoms with E-state index in [1.807, 2.05) is 0 Å². The lowest BCUT2D eigenvalue weighted by Crippen LogP contribution is -2.66. The Bertz CT molecular complexity index is 674. The number of carbonyl (C=O) groups is 5. The Morgan fingerprint density at radius 3 is 2.00 bits per heavy atom. The molecule has 0 aromatic carbocycles. The zero-order valence-corrected chi connectivity index (χ0v) is 18.6. The summed E-state index contributed by atoms with van der Waals surface area (Å²) in [5.41, 5.74) is 0. The molecule has 1 rings (SSSR count). The van der Waals surface area contributed by atoms with Gasteiger partial charge in [-0.1, -0.05) is 12.8 Å². The molecular weight excluding hydrogens is 436 g/mol. The van der Waals surface area contributed by atoms with E-state index in [9.17, 15) is 24.0 Å². The van der Waals surface area contributed by atoms with Crippen molar-refractivity contribution >= 4 is 42.5 Å². The summed E-state index contributed by atoms with van der Waals surface area (Å²) >= 11 is 3.63. The SMILES string of the molecule is COC1OC(COC(C)=O)C(OC(C)=O)C(OC(C)=O)C1NC(=O)CCCC(=O)NS. The predicted molar refractivity (Wildman–Crippen MR) is 106 cm³/mol. The molecule has 1 saturated heterocycles. The third-order valence-corrected chi connectivity index (χ3v) is 4.44. The Kier molecular flexibility index (Phi) is 11.3. The molecule has 1 aliphatic heterocycles. The van der Waals surface area contributed by atoms with Crippen LogP contribution in [0.2, 0.25) is 0 Å². The Labute approximate surface area is 185 Å². The van der Waals surface area contributed by atoms with Crippen LogP contribution in [0.3, 0.4) is 0 Å². The van der Waals surface area contributed by atoms with E-state index < -0.39 is 54.5 Å². The number of hydrogen-bond acceptors (Lipinski definition) is 11. The maximum Gasteiger partial charge on any atom is 0.303 e. The summed E-state index contributed by atoms with van der Waals surface area (Å²) in [7, 11) is 1.31. The van der Waals surface area contributed by atoms with Crippen molar-refractivity contribution in [2.75, 3.05) is 13.7 Å². The highest BCUT2D eigenvalue weighted by Crippen LogP contribution is 2.27. The van der Waals surface area contributed by atoms with Crippen LogP contribution >= 0.6 is 12.8 Å². The van der Waals surface area contributed by atoms with E-state index in [-0.39, 0.29) is 31.8 Å². The predicted octanol–water partition coefficient (Wildman–Crippen LogP) is -0.600. The fraction of sp³-hybridized carbons (Fsp3) is 0.722. The highest BCUT2D eigenvalue weighted by atomic mass is 32.1. The first-order valence-electron chi connectivity index (χ1n) is 9.47. The van der Waals surface area contributed by atoms with Gasteiger partial charge in [0, 0.05) is 40.7 Å². The minimum atomic E-state index is -1.19. The Morgan fingerprint density at radius 1 is 0.903 bits per heavy atom. The molecule has 2 N–H and O–H groups in total. The van der Waals surface area contributed by atoms with Crippen LogP contribution in [-0.4, -0.2) is 74.1 Å². The van der Waals surface area contributed by atoms with Crippen LogP contribution in [0, 0.1) is 0 Å². The van der Waals surface area contributed by atoms with Gasteiger partial charge in [-0.25, -0.2) is 0 Å². The lowest BCUT2D eigenvalue weighted by molar-refractivity contribution is -0.271. The fourth-order valence-electron chi connectivity index (χ4n) is 2.98. The number of carbonyl (C=O) groups excluding carboxylic acids is 5. The summed E-state index contributed by atoms with van der Waals surface area (Å²) in [6.45, 7) is 3.19. The van der Waals surface area contributed by atoms with Crippen molar-refractivity contribution in [2.45, 2.75) is 70.7 Å². The van der Waals surface area contributed by atoms with Crippen LogP contribution in [0.15, 0.2) is 0 Å². The third-order valence-electron chi connectivity index (χ3n) is 4.19. The van der Waals surface area contributed by atoms with Gasteiger partial charge in [0.15, 0.2) is 18.5 Å². The second-order valence-corrected chi connectivity index (χ2v) is 6.93. The summed E-state index contributed by atoms with van der Waals surface area (Å²) in [5.74, 6) is -2.80. The molecule has 1 heterocycles. The largest absolute Gasteiger partial charge is 0.463 e. The van der Waals surface area contributed by atoms with Crippen molar-refractivity contribution in [3.63, 3.8) is 0 Å². The topological polar surface area (TPSA) is 156 Å². The molecule has 176 valence electrons. The molecular formula is C18H28N2O10S. The molecule has 13 heteroatoms. The van der Waals surface area contributed by atoms with Crippen molar-refractivity contribution in [3.8, 4) is 0 Å². The van der Waals surface area contributed by atoms with Crippen LogP contribution in [-0.2, 0) is 47.7 Å². The first-order valence-corrected chi connectivity index (χ1v) is 9.92. The van der Waals surface area contributed by atoms with Gasteiger partial charge >= 0.3 is 17.9 Å². The van der Waals surface area contributed by atoms with Gasteiger partial charge in [0.25, 0.3) is 0 Å². The molecule has 0 aliphatic carbocycles. The number of rotatable bonds is 10. The Morgan fingerprint density at radius 2 is 1.48 bits per heavy atom. The number of esters is 3. The quantitative estimate of drug-likeness (QED) is 0.217. The van der Waals surface area contributed by atoms with Gasteiger partial charge < -0.3 is 33.7 Å². The number of nitrogens with one attached hydrogen (secondary N) is 2. The molecule has 0 aromatic rings. The third kappa shape index (κ3) is 9.11. The van der Waals surface area contributed by atoms with Crippen molar-refractivity contribution in [1.82, 2.24) is 10.0 Å². The smallest absolute Gasteiger partial charge is 0.303 e. The van der Waals surface area contributed by atoms with Gasteiger partial charge in [-0.05, 0) is 6.42 Å². The Balaban J connectivity index is 3.06. The lowest BCUT2D eigenvalue weighted by Gasteiger charge is -2.44. The van der Waals surface area contributed by atoms with Gasteiger partial charge in [0.2, 0.25) is 11.8 Å². The van der Waals surface area contributed by atoms with Gasteiger partial charge in [0.1, 0.15) is 18.8 Å². The highest BCUT2D eigenvalue weighted by Gasteiger charge is 2.51. The van der Waals surface area contributed by atoms with Crippen LogP contribution in [0.25, 0.3) is 0 Å².